The second kappa shape index (κ2) is 3.80. The van der Waals surface area contributed by atoms with E-state index in [2.05, 4.69) is 49.6 Å². The summed E-state index contributed by atoms with van der Waals surface area (Å²) in [5.74, 6) is 0. The summed E-state index contributed by atoms with van der Waals surface area (Å²) in [5, 5.41) is 2.06. The van der Waals surface area contributed by atoms with E-state index < -0.39 is 0 Å². The lowest BCUT2D eigenvalue weighted by atomic mass is 9.91. The maximum Gasteiger partial charge on any atom is 0.0730 e. The van der Waals surface area contributed by atoms with Crippen LogP contribution >= 0.6 is 11.3 Å². The molecular formula is C13H15NS. The van der Waals surface area contributed by atoms with Gasteiger partial charge in [0, 0.05) is 4.88 Å². The Bertz CT molecular complexity index is 426. The van der Waals surface area contributed by atoms with Crippen molar-refractivity contribution in [3.63, 3.8) is 0 Å². The van der Waals surface area contributed by atoms with Gasteiger partial charge >= 0.3 is 0 Å². The van der Waals surface area contributed by atoms with Crippen LogP contribution < -0.4 is 5.73 Å². The fourth-order valence-electron chi connectivity index (χ4n) is 1.62. The zero-order valence-corrected chi connectivity index (χ0v) is 9.84. The van der Waals surface area contributed by atoms with E-state index in [-0.39, 0.29) is 5.54 Å². The van der Waals surface area contributed by atoms with E-state index in [4.69, 9.17) is 5.73 Å². The molecule has 15 heavy (non-hydrogen) atoms. The van der Waals surface area contributed by atoms with Gasteiger partial charge in [-0.15, -0.1) is 11.3 Å². The van der Waals surface area contributed by atoms with Crippen LogP contribution in [-0.4, -0.2) is 0 Å². The molecule has 0 saturated carbocycles. The van der Waals surface area contributed by atoms with Gasteiger partial charge in [-0.05, 0) is 30.9 Å². The molecule has 2 N–H and O–H groups in total. The Morgan fingerprint density at radius 2 is 1.80 bits per heavy atom. The van der Waals surface area contributed by atoms with Gasteiger partial charge in [0.15, 0.2) is 0 Å². The Morgan fingerprint density at radius 1 is 1.13 bits per heavy atom. The van der Waals surface area contributed by atoms with Crippen LogP contribution in [0.3, 0.4) is 0 Å². The molecule has 2 aromatic rings. The van der Waals surface area contributed by atoms with Crippen molar-refractivity contribution in [2.75, 3.05) is 0 Å². The van der Waals surface area contributed by atoms with E-state index in [0.29, 0.717) is 0 Å². The Labute approximate surface area is 94.6 Å². The molecule has 0 aliphatic rings. The number of nitrogens with two attached hydrogens (primary N) is 1. The van der Waals surface area contributed by atoms with E-state index in [0.717, 1.165) is 5.56 Å². The van der Waals surface area contributed by atoms with Crippen molar-refractivity contribution in [3.8, 4) is 0 Å². The van der Waals surface area contributed by atoms with Gasteiger partial charge in [0.1, 0.15) is 0 Å². The van der Waals surface area contributed by atoms with Crippen LogP contribution in [0.1, 0.15) is 22.9 Å². The summed E-state index contributed by atoms with van der Waals surface area (Å²) >= 11 is 1.70. The second-order valence-corrected chi connectivity index (χ2v) is 4.99. The first-order chi connectivity index (χ1) is 7.10. The minimum atomic E-state index is -0.373. The maximum absolute atomic E-state index is 6.36. The molecule has 1 heterocycles. The second-order valence-electron chi connectivity index (χ2n) is 4.05. The fraction of sp³-hybridized carbons (Fsp3) is 0.231. The van der Waals surface area contributed by atoms with E-state index in [1.807, 2.05) is 6.07 Å². The van der Waals surface area contributed by atoms with Gasteiger partial charge in [0.25, 0.3) is 0 Å². The smallest absolute Gasteiger partial charge is 0.0730 e. The number of benzene rings is 1. The third-order valence-corrected chi connectivity index (χ3v) is 3.79. The summed E-state index contributed by atoms with van der Waals surface area (Å²) in [6, 6.07) is 12.6. The summed E-state index contributed by atoms with van der Waals surface area (Å²) in [4.78, 5) is 1.20. The van der Waals surface area contributed by atoms with Crippen LogP contribution in [0.2, 0.25) is 0 Å². The molecule has 78 valence electrons. The van der Waals surface area contributed by atoms with Crippen LogP contribution in [0, 0.1) is 6.92 Å². The van der Waals surface area contributed by atoms with Gasteiger partial charge in [-0.25, -0.2) is 0 Å². The molecule has 0 aliphatic carbocycles. The van der Waals surface area contributed by atoms with Crippen molar-refractivity contribution in [2.24, 2.45) is 5.73 Å². The molecule has 1 aromatic carbocycles. The monoisotopic (exact) mass is 217 g/mol. The normalized spacial score (nSPS) is 14.9. The van der Waals surface area contributed by atoms with E-state index in [9.17, 15) is 0 Å². The third-order valence-electron chi connectivity index (χ3n) is 2.68. The van der Waals surface area contributed by atoms with Gasteiger partial charge in [-0.1, -0.05) is 35.9 Å². The average Bonchev–Trinajstić information content (AvgIpc) is 2.71. The van der Waals surface area contributed by atoms with Crippen molar-refractivity contribution in [1.82, 2.24) is 0 Å². The Hall–Kier alpha value is -1.12. The molecular weight excluding hydrogens is 202 g/mol. The summed E-state index contributed by atoms with van der Waals surface area (Å²) in [7, 11) is 0. The predicted molar refractivity (Wildman–Crippen MR) is 66.1 cm³/mol. The Kier molecular flexibility index (Phi) is 2.63. The lowest BCUT2D eigenvalue weighted by Crippen LogP contribution is -2.33. The number of thiophene rings is 1. The zero-order valence-electron chi connectivity index (χ0n) is 9.03. The largest absolute Gasteiger partial charge is 0.317 e. The maximum atomic E-state index is 6.36. The highest BCUT2D eigenvalue weighted by molar-refractivity contribution is 7.10. The molecule has 1 unspecified atom stereocenters. The number of hydrogen-bond donors (Lipinski definition) is 1. The quantitative estimate of drug-likeness (QED) is 0.820. The summed E-state index contributed by atoms with van der Waals surface area (Å²) in [6.45, 7) is 4.15. The first kappa shape index (κ1) is 10.4. The summed E-state index contributed by atoms with van der Waals surface area (Å²) in [5.41, 5.74) is 8.42. The third kappa shape index (κ3) is 1.96. The predicted octanol–water partition coefficient (Wildman–Crippen LogP) is 3.28. The van der Waals surface area contributed by atoms with E-state index in [1.54, 1.807) is 11.3 Å². The lowest BCUT2D eigenvalue weighted by molar-refractivity contribution is 0.616. The zero-order chi connectivity index (χ0) is 10.9. The molecule has 0 amide bonds. The molecule has 0 fully saturated rings. The highest BCUT2D eigenvalue weighted by Crippen LogP contribution is 2.29. The van der Waals surface area contributed by atoms with Crippen LogP contribution in [0.5, 0.6) is 0 Å². The Morgan fingerprint density at radius 3 is 2.33 bits per heavy atom. The molecule has 1 aromatic heterocycles. The topological polar surface area (TPSA) is 26.0 Å². The van der Waals surface area contributed by atoms with Crippen LogP contribution in [-0.2, 0) is 5.54 Å². The first-order valence-electron chi connectivity index (χ1n) is 5.01. The number of rotatable bonds is 2. The van der Waals surface area contributed by atoms with Crippen molar-refractivity contribution < 1.29 is 0 Å². The molecule has 0 radical (unpaired) electrons. The first-order valence-corrected chi connectivity index (χ1v) is 5.88. The van der Waals surface area contributed by atoms with Gasteiger partial charge in [0.2, 0.25) is 0 Å². The molecule has 1 atom stereocenters. The van der Waals surface area contributed by atoms with Crippen molar-refractivity contribution >= 4 is 11.3 Å². The minimum Gasteiger partial charge on any atom is -0.317 e. The molecule has 0 aliphatic heterocycles. The highest BCUT2D eigenvalue weighted by Gasteiger charge is 2.24. The summed E-state index contributed by atoms with van der Waals surface area (Å²) in [6.07, 6.45) is 0. The van der Waals surface area contributed by atoms with Crippen molar-refractivity contribution in [2.45, 2.75) is 19.4 Å². The molecule has 2 heteroatoms. The highest BCUT2D eigenvalue weighted by atomic mass is 32.1. The summed E-state index contributed by atoms with van der Waals surface area (Å²) < 4.78 is 0. The van der Waals surface area contributed by atoms with Gasteiger partial charge in [-0.3, -0.25) is 0 Å². The van der Waals surface area contributed by atoms with Crippen molar-refractivity contribution in [3.05, 3.63) is 57.8 Å². The SMILES string of the molecule is Cc1ccc(C(C)(N)c2cccs2)cc1. The number of hydrogen-bond acceptors (Lipinski definition) is 2. The van der Waals surface area contributed by atoms with E-state index in [1.165, 1.54) is 10.4 Å². The Balaban J connectivity index is 2.41. The fourth-order valence-corrected chi connectivity index (χ4v) is 2.44. The van der Waals surface area contributed by atoms with Gasteiger partial charge in [0.05, 0.1) is 5.54 Å². The molecule has 1 nitrogen and oxygen atoms in total. The number of aryl methyl sites for hydroxylation is 1. The standard InChI is InChI=1S/C13H15NS/c1-10-5-7-11(8-6-10)13(2,14)12-4-3-9-15-12/h3-9H,14H2,1-2H3. The minimum absolute atomic E-state index is 0.373. The molecule has 0 bridgehead atoms. The van der Waals surface area contributed by atoms with Crippen LogP contribution in [0.4, 0.5) is 0 Å². The molecule has 0 spiro atoms. The molecule has 0 saturated heterocycles. The molecule has 2 rings (SSSR count). The lowest BCUT2D eigenvalue weighted by Gasteiger charge is -2.24. The van der Waals surface area contributed by atoms with Crippen LogP contribution in [0.15, 0.2) is 41.8 Å². The van der Waals surface area contributed by atoms with Gasteiger partial charge in [-0.2, -0.15) is 0 Å². The average molecular weight is 217 g/mol. The van der Waals surface area contributed by atoms with Crippen molar-refractivity contribution in [1.29, 1.82) is 0 Å². The van der Waals surface area contributed by atoms with Crippen LogP contribution in [0.25, 0.3) is 0 Å². The van der Waals surface area contributed by atoms with E-state index >= 15 is 0 Å². The van der Waals surface area contributed by atoms with Gasteiger partial charge < -0.3 is 5.73 Å².